The molecular weight excluding hydrogens is 549 g/mol. The zero-order valence-electron chi connectivity index (χ0n) is 22.2. The van der Waals surface area contributed by atoms with Crippen molar-refractivity contribution in [1.29, 1.82) is 0 Å². The van der Waals surface area contributed by atoms with Gasteiger partial charge < -0.3 is 10.1 Å². The number of carbonyl (C=O) groups excluding carboxylic acids is 2. The number of aryl methyl sites for hydroxylation is 1. The minimum Gasteiger partial charge on any atom is -0.465 e. The van der Waals surface area contributed by atoms with Gasteiger partial charge in [0.1, 0.15) is 10.6 Å². The van der Waals surface area contributed by atoms with E-state index in [1.54, 1.807) is 11.3 Å². The minimum absolute atomic E-state index is 0.118. The van der Waals surface area contributed by atoms with Gasteiger partial charge in [0.25, 0.3) is 0 Å². The van der Waals surface area contributed by atoms with Crippen molar-refractivity contribution in [3.8, 4) is 22.5 Å². The van der Waals surface area contributed by atoms with Gasteiger partial charge in [-0.1, -0.05) is 55.1 Å². The Kier molecular flexibility index (Phi) is 8.34. The lowest BCUT2D eigenvalue weighted by Crippen LogP contribution is -2.16. The fourth-order valence-electron chi connectivity index (χ4n) is 4.93. The van der Waals surface area contributed by atoms with Crippen molar-refractivity contribution in [3.63, 3.8) is 0 Å². The molecule has 39 heavy (non-hydrogen) atoms. The Labute approximate surface area is 240 Å². The molecular formula is C29H30N4O3S3. The number of fused-ring (bicyclic) bond motifs is 1. The number of nitrogens with zero attached hydrogens (tertiary/aromatic N) is 3. The molecule has 0 saturated carbocycles. The highest BCUT2D eigenvalue weighted by Gasteiger charge is 2.27. The van der Waals surface area contributed by atoms with Gasteiger partial charge in [0.2, 0.25) is 5.91 Å². The second kappa shape index (κ2) is 11.9. The van der Waals surface area contributed by atoms with E-state index in [0.29, 0.717) is 28.2 Å². The molecule has 10 heteroatoms. The second-order valence-electron chi connectivity index (χ2n) is 9.54. The average molecular weight is 579 g/mol. The molecule has 0 aliphatic heterocycles. The van der Waals surface area contributed by atoms with E-state index in [1.807, 2.05) is 47.9 Å². The molecule has 0 spiro atoms. The summed E-state index contributed by atoms with van der Waals surface area (Å²) in [4.78, 5) is 28.2. The van der Waals surface area contributed by atoms with Crippen LogP contribution in [0.1, 0.15) is 39.0 Å². The first-order valence-electron chi connectivity index (χ1n) is 12.7. The maximum absolute atomic E-state index is 13.1. The van der Waals surface area contributed by atoms with Crippen LogP contribution in [0, 0.1) is 12.8 Å². The van der Waals surface area contributed by atoms with E-state index in [2.05, 4.69) is 34.4 Å². The van der Waals surface area contributed by atoms with Crippen LogP contribution in [-0.2, 0) is 28.9 Å². The third kappa shape index (κ3) is 5.59. The van der Waals surface area contributed by atoms with Crippen LogP contribution in [0.4, 0.5) is 5.00 Å². The van der Waals surface area contributed by atoms with Crippen LogP contribution in [0.3, 0.4) is 0 Å². The Balaban J connectivity index is 1.36. The molecule has 0 bridgehead atoms. The standard InChI is InChI=1S/C29H30N4O3S3/c1-5-13-33-26(21-15-37-22-14-17(2)11-12-20(21)22)31-32-29(33)38-16-23(34)30-27-25(28(35)36-4)24(18(3)39-27)19-9-7-6-8-10-19/h5-10,15,17H,1,11-14,16H2,2-4H3,(H,30,34). The molecule has 0 saturated heterocycles. The first-order valence-corrected chi connectivity index (χ1v) is 15.4. The predicted molar refractivity (Wildman–Crippen MR) is 160 cm³/mol. The number of aromatic nitrogens is 3. The van der Waals surface area contributed by atoms with Crippen LogP contribution < -0.4 is 5.32 Å². The number of ether oxygens (including phenoxy) is 1. The van der Waals surface area contributed by atoms with Gasteiger partial charge in [-0.25, -0.2) is 4.79 Å². The van der Waals surface area contributed by atoms with E-state index < -0.39 is 5.97 Å². The van der Waals surface area contributed by atoms with Gasteiger partial charge in [-0.3, -0.25) is 9.36 Å². The van der Waals surface area contributed by atoms with E-state index >= 15 is 0 Å². The summed E-state index contributed by atoms with van der Waals surface area (Å²) in [5.74, 6) is 0.925. The Morgan fingerprint density at radius 2 is 2.08 bits per heavy atom. The fraction of sp³-hybridized carbons (Fsp3) is 0.310. The summed E-state index contributed by atoms with van der Waals surface area (Å²) in [5.41, 5.74) is 4.56. The van der Waals surface area contributed by atoms with E-state index in [4.69, 9.17) is 4.74 Å². The van der Waals surface area contributed by atoms with E-state index in [-0.39, 0.29) is 11.7 Å². The summed E-state index contributed by atoms with van der Waals surface area (Å²) >= 11 is 4.49. The van der Waals surface area contributed by atoms with Gasteiger partial charge in [0.05, 0.1) is 12.9 Å². The van der Waals surface area contributed by atoms with Gasteiger partial charge in [-0.15, -0.1) is 39.4 Å². The van der Waals surface area contributed by atoms with Crippen LogP contribution in [0.2, 0.25) is 0 Å². The molecule has 7 nitrogen and oxygen atoms in total. The van der Waals surface area contributed by atoms with Crippen molar-refractivity contribution in [2.24, 2.45) is 5.92 Å². The number of allylic oxidation sites excluding steroid dienone is 1. The first-order chi connectivity index (χ1) is 18.9. The van der Waals surface area contributed by atoms with Crippen molar-refractivity contribution in [3.05, 3.63) is 69.2 Å². The zero-order chi connectivity index (χ0) is 27.5. The number of nitrogens with one attached hydrogen (secondary N) is 1. The monoisotopic (exact) mass is 578 g/mol. The number of hydrogen-bond donors (Lipinski definition) is 1. The van der Waals surface area contributed by atoms with Gasteiger partial charge in [0, 0.05) is 32.8 Å². The molecule has 5 rings (SSSR count). The van der Waals surface area contributed by atoms with Crippen LogP contribution in [0.25, 0.3) is 22.5 Å². The highest BCUT2D eigenvalue weighted by molar-refractivity contribution is 7.99. The molecule has 4 aromatic rings. The van der Waals surface area contributed by atoms with Gasteiger partial charge in [0.15, 0.2) is 11.0 Å². The van der Waals surface area contributed by atoms with Crippen molar-refractivity contribution < 1.29 is 14.3 Å². The second-order valence-corrected chi connectivity index (χ2v) is 12.7. The Hall–Kier alpha value is -3.21. The highest BCUT2D eigenvalue weighted by Crippen LogP contribution is 2.41. The lowest BCUT2D eigenvalue weighted by Gasteiger charge is -2.19. The number of anilines is 1. The van der Waals surface area contributed by atoms with Crippen LogP contribution in [0.15, 0.2) is 53.5 Å². The first kappa shape index (κ1) is 27.4. The largest absolute Gasteiger partial charge is 0.465 e. The number of amides is 1. The minimum atomic E-state index is -0.481. The highest BCUT2D eigenvalue weighted by atomic mass is 32.2. The Morgan fingerprint density at radius 1 is 1.28 bits per heavy atom. The van der Waals surface area contributed by atoms with Crippen molar-refractivity contribution in [2.45, 2.75) is 44.8 Å². The lowest BCUT2D eigenvalue weighted by atomic mass is 9.88. The quantitative estimate of drug-likeness (QED) is 0.133. The van der Waals surface area contributed by atoms with Crippen molar-refractivity contribution >= 4 is 51.3 Å². The molecule has 3 aromatic heterocycles. The molecule has 1 unspecified atom stereocenters. The summed E-state index contributed by atoms with van der Waals surface area (Å²) in [6.07, 6.45) is 5.16. The van der Waals surface area contributed by atoms with Crippen LogP contribution in [0.5, 0.6) is 0 Å². The Morgan fingerprint density at radius 3 is 2.82 bits per heavy atom. The molecule has 1 aliphatic rings. The number of esters is 1. The van der Waals surface area contributed by atoms with E-state index in [1.165, 1.54) is 47.1 Å². The smallest absolute Gasteiger partial charge is 0.341 e. The molecule has 1 atom stereocenters. The number of methoxy groups -OCH3 is 1. The van der Waals surface area contributed by atoms with Gasteiger partial charge in [-0.05, 0) is 43.2 Å². The molecule has 1 N–H and O–H groups in total. The third-order valence-electron chi connectivity index (χ3n) is 6.79. The molecule has 1 aliphatic carbocycles. The van der Waals surface area contributed by atoms with Crippen molar-refractivity contribution in [2.75, 3.05) is 18.2 Å². The SMILES string of the molecule is C=CCn1c(SCC(=O)Nc2sc(C)c(-c3ccccc3)c2C(=O)OC)nnc1-c1csc2c1CCC(C)C2. The van der Waals surface area contributed by atoms with E-state index in [9.17, 15) is 9.59 Å². The molecule has 1 aromatic carbocycles. The van der Waals surface area contributed by atoms with E-state index in [0.717, 1.165) is 40.2 Å². The van der Waals surface area contributed by atoms with Crippen LogP contribution in [-0.4, -0.2) is 39.5 Å². The third-order valence-corrected chi connectivity index (χ3v) is 9.83. The topological polar surface area (TPSA) is 86.1 Å². The number of thiophene rings is 2. The van der Waals surface area contributed by atoms with Crippen molar-refractivity contribution in [1.82, 2.24) is 14.8 Å². The van der Waals surface area contributed by atoms with Gasteiger partial charge >= 0.3 is 5.97 Å². The molecule has 1 amide bonds. The fourth-order valence-corrected chi connectivity index (χ4v) is 8.00. The maximum Gasteiger partial charge on any atom is 0.341 e. The van der Waals surface area contributed by atoms with Gasteiger partial charge in [-0.2, -0.15) is 0 Å². The summed E-state index contributed by atoms with van der Waals surface area (Å²) in [6.45, 7) is 8.70. The van der Waals surface area contributed by atoms with Crippen LogP contribution >= 0.6 is 34.4 Å². The summed E-state index contributed by atoms with van der Waals surface area (Å²) in [5, 5.41) is 15.2. The number of benzene rings is 1. The maximum atomic E-state index is 13.1. The molecule has 0 fully saturated rings. The lowest BCUT2D eigenvalue weighted by molar-refractivity contribution is -0.113. The molecule has 202 valence electrons. The number of carbonyl (C=O) groups is 2. The summed E-state index contributed by atoms with van der Waals surface area (Å²) in [6, 6.07) is 9.65. The normalized spacial score (nSPS) is 14.6. The average Bonchev–Trinajstić information content (AvgIpc) is 3.62. The molecule has 0 radical (unpaired) electrons. The summed E-state index contributed by atoms with van der Waals surface area (Å²) < 4.78 is 7.09. The predicted octanol–water partition coefficient (Wildman–Crippen LogP) is 6.87. The summed E-state index contributed by atoms with van der Waals surface area (Å²) in [7, 11) is 1.35. The Bertz CT molecular complexity index is 1520. The molecule has 3 heterocycles. The number of thioether (sulfide) groups is 1. The number of hydrogen-bond acceptors (Lipinski definition) is 8. The zero-order valence-corrected chi connectivity index (χ0v) is 24.6. The number of rotatable bonds is 9.